The van der Waals surface area contributed by atoms with Crippen molar-refractivity contribution in [2.45, 2.75) is 12.1 Å². The number of ether oxygens (including phenoxy) is 1. The van der Waals surface area contributed by atoms with E-state index in [9.17, 15) is 9.59 Å². The molecule has 1 amide bonds. The first-order chi connectivity index (χ1) is 11.1. The van der Waals surface area contributed by atoms with Gasteiger partial charge in [0.1, 0.15) is 5.54 Å². The van der Waals surface area contributed by atoms with E-state index in [1.807, 2.05) is 35.2 Å². The molecule has 0 aliphatic carbocycles. The van der Waals surface area contributed by atoms with Crippen molar-refractivity contribution in [2.24, 2.45) is 0 Å². The molecule has 0 aromatic heterocycles. The summed E-state index contributed by atoms with van der Waals surface area (Å²) in [6, 6.07) is 14.3. The standard InChI is InChI=1S/C18H15NO4/c20-16-14-6-1-2-7-15(14)18(10-23-11-18)19(16)9-12-4-3-5-13(8-12)17(21)22/h1-8H,9-11H2,(H,21,22). The summed E-state index contributed by atoms with van der Waals surface area (Å²) in [4.78, 5) is 25.7. The van der Waals surface area contributed by atoms with Crippen molar-refractivity contribution in [3.8, 4) is 0 Å². The summed E-state index contributed by atoms with van der Waals surface area (Å²) in [6.45, 7) is 1.33. The zero-order valence-electron chi connectivity index (χ0n) is 12.4. The number of carbonyl (C=O) groups excluding carboxylic acids is 1. The van der Waals surface area contributed by atoms with Crippen molar-refractivity contribution < 1.29 is 19.4 Å². The van der Waals surface area contributed by atoms with Crippen LogP contribution >= 0.6 is 0 Å². The molecule has 23 heavy (non-hydrogen) atoms. The van der Waals surface area contributed by atoms with Gasteiger partial charge in [-0.2, -0.15) is 0 Å². The van der Waals surface area contributed by atoms with E-state index in [1.54, 1.807) is 18.2 Å². The molecule has 1 fully saturated rings. The number of nitrogens with zero attached hydrogens (tertiary/aromatic N) is 1. The highest BCUT2D eigenvalue weighted by Crippen LogP contribution is 2.44. The summed E-state index contributed by atoms with van der Waals surface area (Å²) in [5, 5.41) is 9.12. The molecule has 2 heterocycles. The fraction of sp³-hybridized carbons (Fsp3) is 0.222. The van der Waals surface area contributed by atoms with Gasteiger partial charge in [0.05, 0.1) is 18.8 Å². The molecule has 4 rings (SSSR count). The van der Waals surface area contributed by atoms with E-state index < -0.39 is 11.5 Å². The van der Waals surface area contributed by atoms with Crippen LogP contribution in [-0.2, 0) is 16.8 Å². The van der Waals surface area contributed by atoms with Gasteiger partial charge in [-0.3, -0.25) is 4.79 Å². The molecule has 0 bridgehead atoms. The third-order valence-corrected chi connectivity index (χ3v) is 4.62. The normalized spacial score (nSPS) is 17.9. The third kappa shape index (κ3) is 1.97. The van der Waals surface area contributed by atoms with Gasteiger partial charge in [-0.05, 0) is 29.3 Å². The maximum absolute atomic E-state index is 12.8. The van der Waals surface area contributed by atoms with E-state index in [0.29, 0.717) is 25.3 Å². The van der Waals surface area contributed by atoms with Crippen LogP contribution in [0.4, 0.5) is 0 Å². The highest BCUT2D eigenvalue weighted by atomic mass is 16.5. The van der Waals surface area contributed by atoms with E-state index in [2.05, 4.69) is 0 Å². The fourth-order valence-corrected chi connectivity index (χ4v) is 3.38. The molecular formula is C18H15NO4. The average molecular weight is 309 g/mol. The van der Waals surface area contributed by atoms with E-state index in [4.69, 9.17) is 9.84 Å². The maximum Gasteiger partial charge on any atom is 0.335 e. The highest BCUT2D eigenvalue weighted by Gasteiger charge is 2.54. The number of rotatable bonds is 3. The minimum absolute atomic E-state index is 0.0235. The van der Waals surface area contributed by atoms with Crippen LogP contribution in [-0.4, -0.2) is 35.1 Å². The first-order valence-corrected chi connectivity index (χ1v) is 7.43. The summed E-state index contributed by atoms with van der Waals surface area (Å²) in [5.74, 6) is -0.991. The topological polar surface area (TPSA) is 66.8 Å². The SMILES string of the molecule is O=C(O)c1cccc(CN2C(=O)c3ccccc3C23COC3)c1. The number of carboxylic acids is 1. The number of benzene rings is 2. The number of fused-ring (bicyclic) bond motifs is 2. The molecule has 2 aliphatic rings. The Kier molecular flexibility index (Phi) is 2.99. The van der Waals surface area contributed by atoms with Crippen molar-refractivity contribution in [2.75, 3.05) is 13.2 Å². The second-order valence-corrected chi connectivity index (χ2v) is 5.97. The minimum atomic E-state index is -0.968. The third-order valence-electron chi connectivity index (χ3n) is 4.62. The van der Waals surface area contributed by atoms with Crippen LogP contribution < -0.4 is 0 Å². The smallest absolute Gasteiger partial charge is 0.335 e. The van der Waals surface area contributed by atoms with E-state index in [-0.39, 0.29) is 11.5 Å². The Morgan fingerprint density at radius 1 is 1.17 bits per heavy atom. The van der Waals surface area contributed by atoms with Gasteiger partial charge in [0.25, 0.3) is 5.91 Å². The summed E-state index contributed by atoms with van der Waals surface area (Å²) >= 11 is 0. The Labute approximate surface area is 133 Å². The van der Waals surface area contributed by atoms with Gasteiger partial charge >= 0.3 is 5.97 Å². The molecule has 2 aliphatic heterocycles. The molecule has 0 unspecified atom stereocenters. The predicted molar refractivity (Wildman–Crippen MR) is 82.2 cm³/mol. The maximum atomic E-state index is 12.8. The second kappa shape index (κ2) is 4.93. The lowest BCUT2D eigenvalue weighted by Crippen LogP contribution is -2.57. The van der Waals surface area contributed by atoms with Gasteiger partial charge in [0, 0.05) is 12.1 Å². The summed E-state index contributed by atoms with van der Waals surface area (Å²) < 4.78 is 5.41. The van der Waals surface area contributed by atoms with Gasteiger partial charge in [-0.1, -0.05) is 30.3 Å². The molecule has 1 spiro atoms. The largest absolute Gasteiger partial charge is 0.478 e. The molecule has 116 valence electrons. The number of carbonyl (C=O) groups is 2. The summed E-state index contributed by atoms with van der Waals surface area (Å²) in [7, 11) is 0. The van der Waals surface area contributed by atoms with Gasteiger partial charge < -0.3 is 14.7 Å². The predicted octanol–water partition coefficient (Wildman–Crippen LogP) is 2.27. The lowest BCUT2D eigenvalue weighted by molar-refractivity contribution is -0.127. The molecule has 5 heteroatoms. The molecule has 1 saturated heterocycles. The van der Waals surface area contributed by atoms with Crippen LogP contribution in [0.15, 0.2) is 48.5 Å². The Morgan fingerprint density at radius 3 is 2.65 bits per heavy atom. The number of carboxylic acid groups (broad SMARTS) is 1. The van der Waals surface area contributed by atoms with Gasteiger partial charge in [0.15, 0.2) is 0 Å². The fourth-order valence-electron chi connectivity index (χ4n) is 3.38. The number of hydrogen-bond acceptors (Lipinski definition) is 3. The zero-order chi connectivity index (χ0) is 16.0. The van der Waals surface area contributed by atoms with E-state index in [0.717, 1.165) is 11.1 Å². The van der Waals surface area contributed by atoms with Crippen molar-refractivity contribution in [1.82, 2.24) is 4.90 Å². The molecular weight excluding hydrogens is 294 g/mol. The Hall–Kier alpha value is -2.66. The number of amides is 1. The van der Waals surface area contributed by atoms with Crippen LogP contribution in [0.1, 0.15) is 31.8 Å². The van der Waals surface area contributed by atoms with Crippen LogP contribution in [0.5, 0.6) is 0 Å². The lowest BCUT2D eigenvalue weighted by Gasteiger charge is -2.45. The zero-order valence-corrected chi connectivity index (χ0v) is 12.4. The monoisotopic (exact) mass is 309 g/mol. The van der Waals surface area contributed by atoms with E-state index in [1.165, 1.54) is 0 Å². The van der Waals surface area contributed by atoms with Crippen molar-refractivity contribution in [3.05, 3.63) is 70.8 Å². The Balaban J connectivity index is 1.71. The van der Waals surface area contributed by atoms with Gasteiger partial charge in [-0.25, -0.2) is 4.79 Å². The minimum Gasteiger partial charge on any atom is -0.478 e. The van der Waals surface area contributed by atoms with Crippen molar-refractivity contribution in [1.29, 1.82) is 0 Å². The quantitative estimate of drug-likeness (QED) is 0.944. The second-order valence-electron chi connectivity index (χ2n) is 5.97. The molecule has 0 saturated carbocycles. The van der Waals surface area contributed by atoms with Crippen molar-refractivity contribution in [3.63, 3.8) is 0 Å². The van der Waals surface area contributed by atoms with Gasteiger partial charge in [-0.15, -0.1) is 0 Å². The van der Waals surface area contributed by atoms with E-state index >= 15 is 0 Å². The van der Waals surface area contributed by atoms with Crippen LogP contribution in [0.2, 0.25) is 0 Å². The first-order valence-electron chi connectivity index (χ1n) is 7.43. The van der Waals surface area contributed by atoms with Crippen LogP contribution in [0.25, 0.3) is 0 Å². The first kappa shape index (κ1) is 14.0. The van der Waals surface area contributed by atoms with Gasteiger partial charge in [0.2, 0.25) is 0 Å². The molecule has 0 radical (unpaired) electrons. The average Bonchev–Trinajstić information content (AvgIpc) is 2.77. The van der Waals surface area contributed by atoms with Crippen molar-refractivity contribution >= 4 is 11.9 Å². The lowest BCUT2D eigenvalue weighted by atomic mass is 9.87. The Morgan fingerprint density at radius 2 is 1.96 bits per heavy atom. The molecule has 2 aromatic rings. The Bertz CT molecular complexity index is 810. The molecule has 2 aromatic carbocycles. The number of hydrogen-bond donors (Lipinski definition) is 1. The van der Waals surface area contributed by atoms with Crippen LogP contribution in [0, 0.1) is 0 Å². The summed E-state index contributed by atoms with van der Waals surface area (Å²) in [5.41, 5.74) is 2.34. The highest BCUT2D eigenvalue weighted by molar-refractivity contribution is 6.00. The van der Waals surface area contributed by atoms with Crippen LogP contribution in [0.3, 0.4) is 0 Å². The molecule has 5 nitrogen and oxygen atoms in total. The number of aromatic carboxylic acids is 1. The molecule has 0 atom stereocenters. The molecule has 1 N–H and O–H groups in total. The summed E-state index contributed by atoms with van der Waals surface area (Å²) in [6.07, 6.45) is 0.